The molecule has 1 fully saturated rings. The summed E-state index contributed by atoms with van der Waals surface area (Å²) in [5, 5.41) is 4.11. The molecule has 1 aliphatic rings. The zero-order valence-corrected chi connectivity index (χ0v) is 27.9. The molecule has 0 N–H and O–H groups in total. The van der Waals surface area contributed by atoms with E-state index in [1.807, 2.05) is 58.4 Å². The van der Waals surface area contributed by atoms with Crippen LogP contribution in [0.25, 0.3) is 0 Å². The van der Waals surface area contributed by atoms with Gasteiger partial charge < -0.3 is 14.4 Å². The number of hydrazine groups is 1. The molecule has 0 radical (unpaired) electrons. The predicted molar refractivity (Wildman–Crippen MR) is 184 cm³/mol. The summed E-state index contributed by atoms with van der Waals surface area (Å²) in [7, 11) is -1.23. The molecule has 2 amide bonds. The van der Waals surface area contributed by atoms with Gasteiger partial charge in [-0.1, -0.05) is 141 Å². The Labute approximate surface area is 270 Å². The molecular weight excluding hydrogens is 575 g/mol. The Morgan fingerprint density at radius 2 is 1.16 bits per heavy atom. The van der Waals surface area contributed by atoms with Crippen molar-refractivity contribution in [3.8, 4) is 0 Å². The fourth-order valence-corrected chi connectivity index (χ4v) is 6.46. The van der Waals surface area contributed by atoms with E-state index in [0.29, 0.717) is 39.2 Å². The maximum atomic E-state index is 14.9. The standard InChI is InChI=1S/C38H47N3O3Si/c1-45(2,3)25-24-43-31-44-37-30-39(27-33-18-10-5-11-19-33)41(29-35-22-14-7-15-23-35)38(42)40(28-34-20-12-6-13-21-34)36(37)26-32-16-8-4-9-17-32/h4-23,36-37H,24-31H2,1-3H3/t36-,37-/m1/s1. The Morgan fingerprint density at radius 1 is 0.667 bits per heavy atom. The van der Waals surface area contributed by atoms with Gasteiger partial charge in [0.15, 0.2) is 0 Å². The molecule has 1 aliphatic heterocycles. The van der Waals surface area contributed by atoms with Crippen molar-refractivity contribution in [3.63, 3.8) is 0 Å². The fraction of sp³-hybridized carbons (Fsp3) is 0.342. The van der Waals surface area contributed by atoms with Crippen molar-refractivity contribution in [3.05, 3.63) is 144 Å². The lowest BCUT2D eigenvalue weighted by molar-refractivity contribution is -0.118. The van der Waals surface area contributed by atoms with Crippen molar-refractivity contribution < 1.29 is 14.3 Å². The molecule has 5 rings (SSSR count). The number of benzene rings is 4. The average molecular weight is 622 g/mol. The normalized spacial score (nSPS) is 17.8. The van der Waals surface area contributed by atoms with E-state index in [0.717, 1.165) is 22.7 Å². The van der Waals surface area contributed by atoms with Crippen molar-refractivity contribution >= 4 is 14.1 Å². The third-order valence-electron chi connectivity index (χ3n) is 8.26. The third-order valence-corrected chi connectivity index (χ3v) is 9.96. The molecular formula is C38H47N3O3Si. The van der Waals surface area contributed by atoms with Gasteiger partial charge in [-0.05, 0) is 34.7 Å². The van der Waals surface area contributed by atoms with E-state index in [9.17, 15) is 4.79 Å². The summed E-state index contributed by atoms with van der Waals surface area (Å²) in [5.74, 6) is 0. The van der Waals surface area contributed by atoms with Crippen LogP contribution in [0.15, 0.2) is 121 Å². The first-order chi connectivity index (χ1) is 21.9. The summed E-state index contributed by atoms with van der Waals surface area (Å²) in [6, 6.07) is 42.2. The van der Waals surface area contributed by atoms with Crippen LogP contribution in [0.1, 0.15) is 22.3 Å². The Morgan fingerprint density at radius 3 is 1.69 bits per heavy atom. The molecule has 0 aromatic heterocycles. The third kappa shape index (κ3) is 9.87. The van der Waals surface area contributed by atoms with Gasteiger partial charge in [-0.3, -0.25) is 5.01 Å². The first-order valence-corrected chi connectivity index (χ1v) is 19.7. The summed E-state index contributed by atoms with van der Waals surface area (Å²) in [4.78, 5) is 16.9. The smallest absolute Gasteiger partial charge is 0.335 e. The van der Waals surface area contributed by atoms with Gasteiger partial charge in [0.1, 0.15) is 6.79 Å². The highest BCUT2D eigenvalue weighted by Crippen LogP contribution is 2.28. The van der Waals surface area contributed by atoms with Crippen LogP contribution in [0.5, 0.6) is 0 Å². The zero-order valence-electron chi connectivity index (χ0n) is 26.9. The molecule has 4 aromatic rings. The molecule has 4 aromatic carbocycles. The number of ether oxygens (including phenoxy) is 2. The number of urea groups is 1. The molecule has 7 heteroatoms. The van der Waals surface area contributed by atoms with Crippen LogP contribution in [0.3, 0.4) is 0 Å². The SMILES string of the molecule is C[Si](C)(C)CCOCO[C@@H]1CN(Cc2ccccc2)N(Cc2ccccc2)C(=O)N(Cc2ccccc2)[C@@H]1Cc1ccccc1. The second-order valence-electron chi connectivity index (χ2n) is 13.1. The summed E-state index contributed by atoms with van der Waals surface area (Å²) in [5.41, 5.74) is 4.49. The summed E-state index contributed by atoms with van der Waals surface area (Å²) in [6.07, 6.45) is 0.395. The quantitative estimate of drug-likeness (QED) is 0.0817. The minimum absolute atomic E-state index is 0.0229. The molecule has 0 unspecified atom stereocenters. The number of carbonyl (C=O) groups excluding carboxylic acids is 1. The number of nitrogens with zero attached hydrogens (tertiary/aromatic N) is 3. The van der Waals surface area contributed by atoms with Crippen LogP contribution >= 0.6 is 0 Å². The zero-order chi connectivity index (χ0) is 31.5. The van der Waals surface area contributed by atoms with Crippen LogP contribution in [0.2, 0.25) is 25.7 Å². The van der Waals surface area contributed by atoms with Crippen LogP contribution in [0.4, 0.5) is 4.79 Å². The number of hydrogen-bond acceptors (Lipinski definition) is 4. The minimum Gasteiger partial charge on any atom is -0.356 e. The van der Waals surface area contributed by atoms with Gasteiger partial charge in [-0.15, -0.1) is 0 Å². The predicted octanol–water partition coefficient (Wildman–Crippen LogP) is 7.85. The number of amides is 2. The molecule has 0 aliphatic carbocycles. The van der Waals surface area contributed by atoms with Crippen LogP contribution in [-0.4, -0.2) is 61.1 Å². The van der Waals surface area contributed by atoms with E-state index >= 15 is 0 Å². The molecule has 0 saturated carbocycles. The Balaban J connectivity index is 1.53. The average Bonchev–Trinajstić information content (AvgIpc) is 3.13. The summed E-state index contributed by atoms with van der Waals surface area (Å²) < 4.78 is 12.8. The molecule has 1 saturated heterocycles. The first-order valence-electron chi connectivity index (χ1n) is 16.0. The lowest BCUT2D eigenvalue weighted by atomic mass is 9.98. The second kappa shape index (κ2) is 16.0. The molecule has 0 bridgehead atoms. The minimum atomic E-state index is -1.23. The summed E-state index contributed by atoms with van der Waals surface area (Å²) >= 11 is 0. The van der Waals surface area contributed by atoms with Gasteiger partial charge in [-0.25, -0.2) is 9.80 Å². The van der Waals surface area contributed by atoms with Gasteiger partial charge in [0, 0.05) is 34.3 Å². The van der Waals surface area contributed by atoms with Gasteiger partial charge in [0.2, 0.25) is 0 Å². The Hall–Kier alpha value is -3.75. The van der Waals surface area contributed by atoms with Gasteiger partial charge in [0.05, 0.1) is 18.7 Å². The van der Waals surface area contributed by atoms with Crippen molar-refractivity contribution in [1.29, 1.82) is 0 Å². The Kier molecular flexibility index (Phi) is 11.6. The van der Waals surface area contributed by atoms with E-state index < -0.39 is 8.07 Å². The second-order valence-corrected chi connectivity index (χ2v) is 18.7. The van der Waals surface area contributed by atoms with E-state index in [1.54, 1.807) is 0 Å². The highest BCUT2D eigenvalue weighted by Gasteiger charge is 2.41. The lowest BCUT2D eigenvalue weighted by Gasteiger charge is -2.36. The van der Waals surface area contributed by atoms with E-state index in [-0.39, 0.29) is 25.0 Å². The maximum absolute atomic E-state index is 14.9. The topological polar surface area (TPSA) is 45.3 Å². The van der Waals surface area contributed by atoms with Crippen LogP contribution in [0, 0.1) is 0 Å². The summed E-state index contributed by atoms with van der Waals surface area (Å²) in [6.45, 7) is 10.0. The molecule has 0 spiro atoms. The lowest BCUT2D eigenvalue weighted by Crippen LogP contribution is -2.51. The van der Waals surface area contributed by atoms with Crippen molar-refractivity contribution in [2.45, 2.75) is 63.9 Å². The molecule has 236 valence electrons. The first kappa shape index (κ1) is 32.6. The van der Waals surface area contributed by atoms with Crippen LogP contribution in [-0.2, 0) is 35.5 Å². The van der Waals surface area contributed by atoms with E-state index in [2.05, 4.69) is 97.4 Å². The van der Waals surface area contributed by atoms with Gasteiger partial charge in [-0.2, -0.15) is 0 Å². The van der Waals surface area contributed by atoms with Gasteiger partial charge >= 0.3 is 6.03 Å². The number of carbonyl (C=O) groups is 1. The fourth-order valence-electron chi connectivity index (χ4n) is 5.71. The van der Waals surface area contributed by atoms with Crippen molar-refractivity contribution in [2.75, 3.05) is 19.9 Å². The molecule has 2 atom stereocenters. The molecule has 1 heterocycles. The van der Waals surface area contributed by atoms with Crippen molar-refractivity contribution in [2.24, 2.45) is 0 Å². The Bertz CT molecular complexity index is 1440. The van der Waals surface area contributed by atoms with Gasteiger partial charge in [0.25, 0.3) is 0 Å². The van der Waals surface area contributed by atoms with Crippen LogP contribution < -0.4 is 0 Å². The maximum Gasteiger partial charge on any atom is 0.335 e. The van der Waals surface area contributed by atoms with E-state index in [4.69, 9.17) is 9.47 Å². The monoisotopic (exact) mass is 621 g/mol. The number of hydrogen-bond donors (Lipinski definition) is 0. The highest BCUT2D eigenvalue weighted by molar-refractivity contribution is 6.76. The highest BCUT2D eigenvalue weighted by atomic mass is 28.3. The van der Waals surface area contributed by atoms with E-state index in [1.165, 1.54) is 5.56 Å². The molecule has 45 heavy (non-hydrogen) atoms. The largest absolute Gasteiger partial charge is 0.356 e. The molecule has 6 nitrogen and oxygen atoms in total. The van der Waals surface area contributed by atoms with Crippen molar-refractivity contribution in [1.82, 2.24) is 14.9 Å². The number of rotatable bonds is 14.